The Balaban J connectivity index is 1.73. The van der Waals surface area contributed by atoms with E-state index in [4.69, 9.17) is 10.6 Å². The molecule has 3 rings (SSSR count). The van der Waals surface area contributed by atoms with Gasteiger partial charge < -0.3 is 4.74 Å². The summed E-state index contributed by atoms with van der Waals surface area (Å²) in [7, 11) is 1.98. The Hall–Kier alpha value is -1.85. The molecule has 5 heteroatoms. The molecule has 1 aliphatic rings. The molecule has 21 heavy (non-hydrogen) atoms. The van der Waals surface area contributed by atoms with Crippen molar-refractivity contribution in [3.8, 4) is 5.75 Å². The topological polar surface area (TPSA) is 65.1 Å². The average Bonchev–Trinajstić information content (AvgIpc) is 2.93. The summed E-state index contributed by atoms with van der Waals surface area (Å²) in [6.07, 6.45) is 4.78. The Morgan fingerprint density at radius 3 is 3.05 bits per heavy atom. The van der Waals surface area contributed by atoms with E-state index in [1.54, 1.807) is 0 Å². The van der Waals surface area contributed by atoms with Crippen LogP contribution in [0.3, 0.4) is 0 Å². The van der Waals surface area contributed by atoms with Gasteiger partial charge in [0.2, 0.25) is 0 Å². The second-order valence-corrected chi connectivity index (χ2v) is 5.54. The van der Waals surface area contributed by atoms with E-state index in [9.17, 15) is 0 Å². The highest BCUT2D eigenvalue weighted by molar-refractivity contribution is 5.38. The molecule has 0 bridgehead atoms. The van der Waals surface area contributed by atoms with Crippen molar-refractivity contribution in [1.82, 2.24) is 15.2 Å². The minimum Gasteiger partial charge on any atom is -0.493 e. The number of hydrogen-bond donors (Lipinski definition) is 2. The summed E-state index contributed by atoms with van der Waals surface area (Å²) in [6.45, 7) is 0.756. The number of hydrogen-bond acceptors (Lipinski definition) is 4. The van der Waals surface area contributed by atoms with E-state index in [0.717, 1.165) is 31.6 Å². The van der Waals surface area contributed by atoms with Crippen molar-refractivity contribution in [1.29, 1.82) is 0 Å². The Morgan fingerprint density at radius 2 is 2.29 bits per heavy atom. The van der Waals surface area contributed by atoms with E-state index in [0.29, 0.717) is 5.92 Å². The lowest BCUT2D eigenvalue weighted by atomic mass is 9.84. The minimum absolute atomic E-state index is 0.241. The summed E-state index contributed by atoms with van der Waals surface area (Å²) in [5.41, 5.74) is 5.50. The number of aryl methyl sites for hydroxylation is 2. The number of hydrazine groups is 1. The van der Waals surface area contributed by atoms with Crippen LogP contribution in [-0.2, 0) is 13.5 Å². The maximum atomic E-state index is 5.83. The second-order valence-electron chi connectivity index (χ2n) is 5.54. The third kappa shape index (κ3) is 2.94. The van der Waals surface area contributed by atoms with Crippen LogP contribution in [0.15, 0.2) is 36.5 Å². The van der Waals surface area contributed by atoms with Crippen molar-refractivity contribution in [2.75, 3.05) is 6.61 Å². The van der Waals surface area contributed by atoms with E-state index in [-0.39, 0.29) is 6.04 Å². The molecule has 1 aromatic heterocycles. The summed E-state index contributed by atoms with van der Waals surface area (Å²) < 4.78 is 7.66. The molecule has 2 atom stereocenters. The Morgan fingerprint density at radius 1 is 1.43 bits per heavy atom. The molecule has 1 aliphatic heterocycles. The number of para-hydroxylation sites is 1. The number of nitrogens with one attached hydrogen (secondary N) is 1. The van der Waals surface area contributed by atoms with E-state index in [1.165, 1.54) is 11.3 Å². The molecule has 3 N–H and O–H groups in total. The van der Waals surface area contributed by atoms with Crippen LogP contribution in [0.1, 0.15) is 30.0 Å². The smallest absolute Gasteiger partial charge is 0.122 e. The van der Waals surface area contributed by atoms with Crippen LogP contribution in [0, 0.1) is 0 Å². The highest BCUT2D eigenvalue weighted by atomic mass is 16.5. The first-order valence-corrected chi connectivity index (χ1v) is 7.44. The number of nitrogens with zero attached hydrogens (tertiary/aromatic N) is 2. The quantitative estimate of drug-likeness (QED) is 0.649. The van der Waals surface area contributed by atoms with E-state index in [1.807, 2.05) is 30.1 Å². The van der Waals surface area contributed by atoms with E-state index < -0.39 is 0 Å². The third-order valence-corrected chi connectivity index (χ3v) is 4.34. The number of nitrogens with two attached hydrogens (primary N) is 1. The Labute approximate surface area is 125 Å². The number of benzene rings is 1. The second kappa shape index (κ2) is 6.28. The molecule has 0 saturated heterocycles. The SMILES string of the molecule is Cn1nccc1CCC(NN)C1CCOc2ccccc21. The minimum atomic E-state index is 0.241. The number of fused-ring (bicyclic) bond motifs is 1. The molecule has 5 nitrogen and oxygen atoms in total. The highest BCUT2D eigenvalue weighted by Crippen LogP contribution is 2.36. The van der Waals surface area contributed by atoms with Gasteiger partial charge in [-0.3, -0.25) is 16.0 Å². The third-order valence-electron chi connectivity index (χ3n) is 4.34. The normalized spacial score (nSPS) is 18.9. The summed E-state index contributed by atoms with van der Waals surface area (Å²) in [6, 6.07) is 10.6. The maximum absolute atomic E-state index is 5.83. The van der Waals surface area contributed by atoms with Gasteiger partial charge in [0.05, 0.1) is 6.61 Å². The number of ether oxygens (including phenoxy) is 1. The van der Waals surface area contributed by atoms with Crippen molar-refractivity contribution in [2.45, 2.75) is 31.2 Å². The summed E-state index contributed by atoms with van der Waals surface area (Å²) >= 11 is 0. The van der Waals surface area contributed by atoms with Gasteiger partial charge in [-0.25, -0.2) is 0 Å². The fourth-order valence-corrected chi connectivity index (χ4v) is 3.14. The first-order valence-electron chi connectivity index (χ1n) is 7.44. The number of rotatable bonds is 5. The molecule has 2 aromatic rings. The zero-order chi connectivity index (χ0) is 14.7. The fraction of sp³-hybridized carbons (Fsp3) is 0.438. The standard InChI is InChI=1S/C16H22N4O/c1-20-12(8-10-18-20)6-7-15(19-17)13-9-11-21-16-5-3-2-4-14(13)16/h2-5,8,10,13,15,19H,6-7,9,11,17H2,1H3. The number of aromatic nitrogens is 2. The maximum Gasteiger partial charge on any atom is 0.122 e. The molecule has 0 radical (unpaired) electrons. The van der Waals surface area contributed by atoms with Crippen LogP contribution in [0.2, 0.25) is 0 Å². The first kappa shape index (κ1) is 14.1. The predicted molar refractivity (Wildman–Crippen MR) is 81.9 cm³/mol. The zero-order valence-corrected chi connectivity index (χ0v) is 12.3. The van der Waals surface area contributed by atoms with Crippen molar-refractivity contribution in [3.63, 3.8) is 0 Å². The highest BCUT2D eigenvalue weighted by Gasteiger charge is 2.28. The first-order chi connectivity index (χ1) is 10.3. The molecular weight excluding hydrogens is 264 g/mol. The molecular formula is C16H22N4O. The van der Waals surface area contributed by atoms with Gasteiger partial charge in [-0.2, -0.15) is 5.10 Å². The monoisotopic (exact) mass is 286 g/mol. The molecule has 2 heterocycles. The Kier molecular flexibility index (Phi) is 4.22. The Bertz CT molecular complexity index is 595. The molecule has 0 fully saturated rings. The summed E-state index contributed by atoms with van der Waals surface area (Å²) in [4.78, 5) is 0. The molecule has 0 amide bonds. The molecule has 112 valence electrons. The van der Waals surface area contributed by atoms with Crippen LogP contribution >= 0.6 is 0 Å². The van der Waals surface area contributed by atoms with Gasteiger partial charge in [-0.05, 0) is 37.0 Å². The molecule has 2 unspecified atom stereocenters. The van der Waals surface area contributed by atoms with Crippen LogP contribution in [0.5, 0.6) is 5.75 Å². The predicted octanol–water partition coefficient (Wildman–Crippen LogP) is 1.75. The zero-order valence-electron chi connectivity index (χ0n) is 12.3. The lowest BCUT2D eigenvalue weighted by Crippen LogP contribution is -2.41. The van der Waals surface area contributed by atoms with Crippen molar-refractivity contribution in [3.05, 3.63) is 47.8 Å². The van der Waals surface area contributed by atoms with Gasteiger partial charge >= 0.3 is 0 Å². The average molecular weight is 286 g/mol. The van der Waals surface area contributed by atoms with Crippen LogP contribution < -0.4 is 16.0 Å². The van der Waals surface area contributed by atoms with Gasteiger partial charge in [-0.15, -0.1) is 0 Å². The van der Waals surface area contributed by atoms with Crippen LogP contribution in [0.25, 0.3) is 0 Å². The molecule has 0 aliphatic carbocycles. The molecule has 1 aromatic carbocycles. The van der Waals surface area contributed by atoms with Crippen molar-refractivity contribution >= 4 is 0 Å². The van der Waals surface area contributed by atoms with Gasteiger partial charge in [0, 0.05) is 30.9 Å². The van der Waals surface area contributed by atoms with Gasteiger partial charge in [0.25, 0.3) is 0 Å². The van der Waals surface area contributed by atoms with Crippen LogP contribution in [-0.4, -0.2) is 22.4 Å². The van der Waals surface area contributed by atoms with E-state index in [2.05, 4.69) is 28.7 Å². The molecule has 0 spiro atoms. The lowest BCUT2D eigenvalue weighted by Gasteiger charge is -2.32. The van der Waals surface area contributed by atoms with Gasteiger partial charge in [0.1, 0.15) is 5.75 Å². The van der Waals surface area contributed by atoms with Gasteiger partial charge in [-0.1, -0.05) is 18.2 Å². The fourth-order valence-electron chi connectivity index (χ4n) is 3.14. The summed E-state index contributed by atoms with van der Waals surface area (Å²) in [5, 5.41) is 4.21. The van der Waals surface area contributed by atoms with Crippen molar-refractivity contribution in [2.24, 2.45) is 12.9 Å². The van der Waals surface area contributed by atoms with Crippen molar-refractivity contribution < 1.29 is 4.74 Å². The summed E-state index contributed by atoms with van der Waals surface area (Å²) in [5.74, 6) is 7.22. The van der Waals surface area contributed by atoms with E-state index >= 15 is 0 Å². The molecule has 0 saturated carbocycles. The van der Waals surface area contributed by atoms with Gasteiger partial charge in [0.15, 0.2) is 0 Å². The lowest BCUT2D eigenvalue weighted by molar-refractivity contribution is 0.241. The largest absolute Gasteiger partial charge is 0.493 e. The van der Waals surface area contributed by atoms with Crippen LogP contribution in [0.4, 0.5) is 0 Å².